The van der Waals surface area contributed by atoms with E-state index in [-0.39, 0.29) is 0 Å². The van der Waals surface area contributed by atoms with Gasteiger partial charge in [-0.25, -0.2) is 0 Å². The van der Waals surface area contributed by atoms with Crippen LogP contribution in [-0.4, -0.2) is 54.8 Å². The molecule has 0 saturated heterocycles. The van der Waals surface area contributed by atoms with Gasteiger partial charge in [-0.05, 0) is 0 Å². The molecule has 0 spiro atoms. The van der Waals surface area contributed by atoms with Crippen LogP contribution in [0.4, 0.5) is 39.5 Å². The number of sulfone groups is 3. The molecule has 0 N–H and O–H groups in total. The van der Waals surface area contributed by atoms with Crippen molar-refractivity contribution >= 4 is 29.5 Å². The van der Waals surface area contributed by atoms with Gasteiger partial charge >= 0.3 is 140 Å². The number of hydrogen-bond donors (Lipinski definition) is 0. The van der Waals surface area contributed by atoms with Crippen LogP contribution in [0.2, 0.25) is 0 Å². The van der Waals surface area contributed by atoms with E-state index in [1.54, 1.807) is 0 Å². The molecule has 0 aromatic heterocycles. The number of rotatable bonds is 6. The van der Waals surface area contributed by atoms with Crippen LogP contribution in [0.3, 0.4) is 0 Å². The van der Waals surface area contributed by atoms with E-state index in [4.69, 9.17) is 0 Å². The molecule has 0 saturated carbocycles. The Morgan fingerprint density at radius 3 is 0.760 bits per heavy atom. The van der Waals surface area contributed by atoms with E-state index in [2.05, 4.69) is 0 Å². The fourth-order valence-corrected chi connectivity index (χ4v) is 31.5. The van der Waals surface area contributed by atoms with E-state index >= 15 is 0 Å². The molecule has 0 rings (SSSR count). The van der Waals surface area contributed by atoms with Gasteiger partial charge in [0.05, 0.1) is 0 Å². The summed E-state index contributed by atoms with van der Waals surface area (Å²) in [5, 5.41) is 0. The summed E-state index contributed by atoms with van der Waals surface area (Å²) in [6.07, 6.45) is 0. The average Bonchev–Trinajstić information content (AvgIpc) is 2.21. The first kappa shape index (κ1) is 24.8. The van der Waals surface area contributed by atoms with Gasteiger partial charge < -0.3 is 0 Å². The van der Waals surface area contributed by atoms with Gasteiger partial charge in [-0.1, -0.05) is 0 Å². The van der Waals surface area contributed by atoms with Crippen molar-refractivity contribution in [1.29, 1.82) is 0 Å². The number of halogens is 9. The third-order valence-electron chi connectivity index (χ3n) is 2.73. The zero-order chi connectivity index (χ0) is 20.7. The van der Waals surface area contributed by atoms with Crippen LogP contribution >= 0.6 is 0 Å². The number of alkyl halides is 9. The summed E-state index contributed by atoms with van der Waals surface area (Å²) < 4.78 is 168. The van der Waals surface area contributed by atoms with Crippen LogP contribution in [-0.2, 0) is 45.5 Å². The Labute approximate surface area is 140 Å². The van der Waals surface area contributed by atoms with Crippen molar-refractivity contribution in [3.63, 3.8) is 0 Å². The molecule has 0 unspecified atom stereocenters. The van der Waals surface area contributed by atoms with Gasteiger partial charge in [0.25, 0.3) is 0 Å². The van der Waals surface area contributed by atoms with Crippen molar-refractivity contribution < 1.29 is 80.7 Å². The zero-order valence-corrected chi connectivity index (χ0v) is 16.8. The van der Waals surface area contributed by atoms with Crippen LogP contribution in [0.1, 0.15) is 0 Å². The summed E-state index contributed by atoms with van der Waals surface area (Å²) >= 11 is -5.67. The molecule has 0 aliphatic rings. The van der Waals surface area contributed by atoms with E-state index in [0.717, 1.165) is 0 Å². The van der Waals surface area contributed by atoms with Crippen LogP contribution in [0, 0.1) is 0 Å². The summed E-state index contributed by atoms with van der Waals surface area (Å²) in [5.41, 5.74) is -18.3. The second kappa shape index (κ2) is 7.11. The summed E-state index contributed by atoms with van der Waals surface area (Å²) in [5.74, 6) is 0. The SMILES string of the molecule is O=S(=O)([CH2][Zn]([CH2]S(=O)(=O)C(F)(F)F)[CH2]S(=O)(=O)C(F)(F)F)C(F)(F)F. The first-order chi connectivity index (χ1) is 10.5. The average molecular weight is 507 g/mol. The predicted octanol–water partition coefficient (Wildman–Crippen LogP) is 1.28. The molecule has 0 bridgehead atoms. The van der Waals surface area contributed by atoms with Gasteiger partial charge in [0, 0.05) is 0 Å². The van der Waals surface area contributed by atoms with E-state index in [0.29, 0.717) is 0 Å². The van der Waals surface area contributed by atoms with E-state index in [1.807, 2.05) is 0 Å². The normalized spacial score (nSPS) is 15.2. The van der Waals surface area contributed by atoms with E-state index < -0.39 is 75.0 Å². The standard InChI is InChI=1S/3C2H2F3O2S.Zn/c3*1-8(6,7)2(3,4)5;/h3*1H2;. The topological polar surface area (TPSA) is 102 Å². The molecule has 0 radical (unpaired) electrons. The molecule has 19 heteroatoms. The van der Waals surface area contributed by atoms with Crippen LogP contribution in [0.15, 0.2) is 0 Å². The molecule has 0 aliphatic heterocycles. The predicted molar refractivity (Wildman–Crippen MR) is 59.5 cm³/mol. The molecule has 25 heavy (non-hydrogen) atoms. The van der Waals surface area contributed by atoms with Crippen LogP contribution < -0.4 is 0 Å². The maximum absolute atomic E-state index is 12.2. The first-order valence-electron chi connectivity index (χ1n) is 5.68. The number of hydrogen-bond acceptors (Lipinski definition) is 6. The summed E-state index contributed by atoms with van der Waals surface area (Å²) in [4.78, 5) is 0. The van der Waals surface area contributed by atoms with Crippen molar-refractivity contribution in [1.82, 2.24) is 0 Å². The molecule has 6 nitrogen and oxygen atoms in total. The molecule has 149 valence electrons. The second-order valence-electron chi connectivity index (χ2n) is 4.85. The molecular formula is C6H6F9O6S3Zn. The van der Waals surface area contributed by atoms with Crippen molar-refractivity contribution in [2.24, 2.45) is 0 Å². The molecule has 0 aliphatic carbocycles. The van der Waals surface area contributed by atoms with Gasteiger partial charge in [0.15, 0.2) is 0 Å². The molecule has 0 atom stereocenters. The zero-order valence-electron chi connectivity index (χ0n) is 11.4. The molecule has 0 fully saturated rings. The van der Waals surface area contributed by atoms with Crippen molar-refractivity contribution in [3.05, 3.63) is 0 Å². The Balaban J connectivity index is 5.96. The molecule has 0 aromatic rings. The van der Waals surface area contributed by atoms with Crippen LogP contribution in [0.25, 0.3) is 0 Å². The quantitative estimate of drug-likeness (QED) is 0.397. The first-order valence-corrected chi connectivity index (χ1v) is 16.9. The maximum atomic E-state index is 12.2. The molecule has 0 aromatic carbocycles. The Kier molecular flexibility index (Phi) is 7.06. The van der Waals surface area contributed by atoms with Crippen LogP contribution in [0.5, 0.6) is 0 Å². The van der Waals surface area contributed by atoms with Gasteiger partial charge in [0.1, 0.15) is 0 Å². The second-order valence-corrected chi connectivity index (χ2v) is 23.3. The Bertz CT molecular complexity index is 679. The van der Waals surface area contributed by atoms with E-state index in [1.165, 1.54) is 0 Å². The summed E-state index contributed by atoms with van der Waals surface area (Å²) in [7, 11) is -18.9. The molecule has 0 heterocycles. The van der Waals surface area contributed by atoms with Gasteiger partial charge in [-0.15, -0.1) is 0 Å². The molecule has 0 amide bonds. The molecular weight excluding hydrogens is 501 g/mol. The monoisotopic (exact) mass is 505 g/mol. The van der Waals surface area contributed by atoms with Crippen molar-refractivity contribution in [2.45, 2.75) is 16.5 Å². The van der Waals surface area contributed by atoms with Gasteiger partial charge in [0.2, 0.25) is 0 Å². The third-order valence-corrected chi connectivity index (χ3v) is 29.2. The fourth-order valence-electron chi connectivity index (χ4n) is 1.66. The van der Waals surface area contributed by atoms with Crippen molar-refractivity contribution in [2.75, 3.05) is 13.0 Å². The minimum absolute atomic E-state index is 2.39. The van der Waals surface area contributed by atoms with Crippen molar-refractivity contribution in [3.8, 4) is 0 Å². The van der Waals surface area contributed by atoms with Gasteiger partial charge in [-0.3, -0.25) is 0 Å². The van der Waals surface area contributed by atoms with Gasteiger partial charge in [-0.2, -0.15) is 0 Å². The Hall–Kier alpha value is -0.157. The summed E-state index contributed by atoms with van der Waals surface area (Å²) in [6, 6.07) is 0. The Morgan fingerprint density at radius 1 is 0.480 bits per heavy atom. The Morgan fingerprint density at radius 2 is 0.640 bits per heavy atom. The fraction of sp³-hybridized carbons (Fsp3) is 1.00. The summed E-state index contributed by atoms with van der Waals surface area (Å²) in [6.45, 7) is 0. The van der Waals surface area contributed by atoms with E-state index in [9.17, 15) is 64.8 Å². The minimum atomic E-state index is -6.30. The third kappa shape index (κ3) is 6.50.